The summed E-state index contributed by atoms with van der Waals surface area (Å²) in [7, 11) is 0. The molecule has 1 atom stereocenters. The Morgan fingerprint density at radius 2 is 2.33 bits per heavy atom. The van der Waals surface area contributed by atoms with Gasteiger partial charge in [-0.2, -0.15) is 0 Å². The smallest absolute Gasteiger partial charge is 0.239 e. The second-order valence-electron chi connectivity index (χ2n) is 6.14. The molecule has 3 heterocycles. The number of benzene rings is 1. The number of para-hydroxylation sites is 2. The van der Waals surface area contributed by atoms with E-state index in [4.69, 9.17) is 4.52 Å². The summed E-state index contributed by atoms with van der Waals surface area (Å²) in [6, 6.07) is 9.83. The number of rotatable bonds is 4. The van der Waals surface area contributed by atoms with Crippen LogP contribution in [0.25, 0.3) is 11.0 Å². The lowest BCUT2D eigenvalue weighted by atomic mass is 10.2. The number of nitrogens with zero attached hydrogens (tertiary/aromatic N) is 3. The molecule has 7 nitrogen and oxygen atoms in total. The van der Waals surface area contributed by atoms with E-state index >= 15 is 0 Å². The molecular weight excluding hydrogens is 306 g/mol. The number of nitrogens with one attached hydrogen (secondary N) is 2. The summed E-state index contributed by atoms with van der Waals surface area (Å²) in [5, 5.41) is 6.56. The lowest BCUT2D eigenvalue weighted by Gasteiger charge is -2.21. The van der Waals surface area contributed by atoms with Crippen LogP contribution >= 0.6 is 0 Å². The van der Waals surface area contributed by atoms with Crippen LogP contribution in [0.2, 0.25) is 0 Å². The van der Waals surface area contributed by atoms with Gasteiger partial charge in [-0.25, -0.2) is 4.98 Å². The monoisotopic (exact) mass is 325 g/mol. The second kappa shape index (κ2) is 6.09. The van der Waals surface area contributed by atoms with Crippen LogP contribution in [0.4, 0.5) is 5.82 Å². The molecule has 4 rings (SSSR count). The summed E-state index contributed by atoms with van der Waals surface area (Å²) >= 11 is 0. The largest absolute Gasteiger partial charge is 0.360 e. The predicted octanol–water partition coefficient (Wildman–Crippen LogP) is 2.63. The first-order chi connectivity index (χ1) is 11.7. The SMILES string of the molecule is Cc1cc(NC(=O)CN2CCC[C@@H]2c2nc3ccccc3[nH]2)no1. The second-order valence-corrected chi connectivity index (χ2v) is 6.14. The Labute approximate surface area is 139 Å². The van der Waals surface area contributed by atoms with Gasteiger partial charge < -0.3 is 14.8 Å². The molecule has 124 valence electrons. The van der Waals surface area contributed by atoms with Crippen LogP contribution in [0, 0.1) is 6.92 Å². The number of imidazole rings is 1. The van der Waals surface area contributed by atoms with Crippen molar-refractivity contribution < 1.29 is 9.32 Å². The Morgan fingerprint density at radius 1 is 1.46 bits per heavy atom. The fourth-order valence-corrected chi connectivity index (χ4v) is 3.25. The van der Waals surface area contributed by atoms with Crippen molar-refractivity contribution in [2.24, 2.45) is 0 Å². The summed E-state index contributed by atoms with van der Waals surface area (Å²) in [5.41, 5.74) is 1.99. The maximum Gasteiger partial charge on any atom is 0.239 e. The highest BCUT2D eigenvalue weighted by Crippen LogP contribution is 2.31. The Bertz CT molecular complexity index is 836. The standard InChI is InChI=1S/C17H19N5O2/c1-11-9-15(21-24-11)20-16(23)10-22-8-4-7-14(22)17-18-12-5-2-3-6-13(12)19-17/h2-3,5-6,9,14H,4,7-8,10H2,1H3,(H,18,19)(H,20,21,23)/t14-/m1/s1. The summed E-state index contributed by atoms with van der Waals surface area (Å²) < 4.78 is 4.97. The first-order valence-electron chi connectivity index (χ1n) is 8.11. The Hall–Kier alpha value is -2.67. The van der Waals surface area contributed by atoms with Crippen LogP contribution in [0.1, 0.15) is 30.5 Å². The Balaban J connectivity index is 1.47. The van der Waals surface area contributed by atoms with Crippen LogP contribution in [0.15, 0.2) is 34.9 Å². The van der Waals surface area contributed by atoms with Gasteiger partial charge in [0.25, 0.3) is 0 Å². The van der Waals surface area contributed by atoms with E-state index in [1.807, 2.05) is 24.3 Å². The third kappa shape index (κ3) is 2.90. The molecular formula is C17H19N5O2. The van der Waals surface area contributed by atoms with E-state index in [1.165, 1.54) is 0 Å². The fraction of sp³-hybridized carbons (Fsp3) is 0.353. The number of hydrogen-bond donors (Lipinski definition) is 2. The van der Waals surface area contributed by atoms with Crippen LogP contribution in [0.3, 0.4) is 0 Å². The minimum Gasteiger partial charge on any atom is -0.360 e. The molecule has 1 aliphatic heterocycles. The number of aryl methyl sites for hydroxylation is 1. The quantitative estimate of drug-likeness (QED) is 0.770. The third-order valence-corrected chi connectivity index (χ3v) is 4.33. The zero-order valence-electron chi connectivity index (χ0n) is 13.5. The molecule has 3 aromatic rings. The van der Waals surface area contributed by atoms with E-state index in [9.17, 15) is 4.79 Å². The summed E-state index contributed by atoms with van der Waals surface area (Å²) in [6.45, 7) is 2.99. The van der Waals surface area contributed by atoms with Crippen molar-refractivity contribution in [3.8, 4) is 0 Å². The van der Waals surface area contributed by atoms with Gasteiger partial charge in [0.1, 0.15) is 11.6 Å². The van der Waals surface area contributed by atoms with Gasteiger partial charge in [-0.3, -0.25) is 9.69 Å². The topological polar surface area (TPSA) is 87.0 Å². The average Bonchev–Trinajstić information content (AvgIpc) is 3.26. The van der Waals surface area contributed by atoms with Crippen LogP contribution in [0.5, 0.6) is 0 Å². The van der Waals surface area contributed by atoms with Crippen molar-refractivity contribution in [3.63, 3.8) is 0 Å². The van der Waals surface area contributed by atoms with Crippen molar-refractivity contribution in [1.29, 1.82) is 0 Å². The molecule has 0 unspecified atom stereocenters. The van der Waals surface area contributed by atoms with E-state index in [1.54, 1.807) is 13.0 Å². The normalized spacial score (nSPS) is 18.3. The summed E-state index contributed by atoms with van der Waals surface area (Å²) in [5.74, 6) is 1.97. The van der Waals surface area contributed by atoms with Gasteiger partial charge in [0.2, 0.25) is 5.91 Å². The summed E-state index contributed by atoms with van der Waals surface area (Å²) in [4.78, 5) is 22.5. The number of likely N-dealkylation sites (tertiary alicyclic amines) is 1. The number of hydrogen-bond acceptors (Lipinski definition) is 5. The molecule has 1 aromatic carbocycles. The maximum absolute atomic E-state index is 12.3. The lowest BCUT2D eigenvalue weighted by molar-refractivity contribution is -0.117. The van der Waals surface area contributed by atoms with Gasteiger partial charge in [-0.15, -0.1) is 0 Å². The molecule has 2 N–H and O–H groups in total. The van der Waals surface area contributed by atoms with E-state index in [2.05, 4.69) is 25.3 Å². The van der Waals surface area contributed by atoms with Gasteiger partial charge in [0, 0.05) is 6.07 Å². The number of carbonyl (C=O) groups is 1. The lowest BCUT2D eigenvalue weighted by Crippen LogP contribution is -2.33. The molecule has 24 heavy (non-hydrogen) atoms. The number of fused-ring (bicyclic) bond motifs is 1. The van der Waals surface area contributed by atoms with Crippen molar-refractivity contribution in [2.45, 2.75) is 25.8 Å². The highest BCUT2D eigenvalue weighted by atomic mass is 16.5. The maximum atomic E-state index is 12.3. The number of aromatic nitrogens is 3. The van der Waals surface area contributed by atoms with Gasteiger partial charge in [0.05, 0.1) is 23.6 Å². The number of anilines is 1. The summed E-state index contributed by atoms with van der Waals surface area (Å²) in [6.07, 6.45) is 2.05. The number of amides is 1. The van der Waals surface area contributed by atoms with E-state index in [-0.39, 0.29) is 11.9 Å². The molecule has 0 spiro atoms. The first-order valence-corrected chi connectivity index (χ1v) is 8.11. The van der Waals surface area contributed by atoms with E-state index < -0.39 is 0 Å². The molecule has 0 radical (unpaired) electrons. The highest BCUT2D eigenvalue weighted by molar-refractivity contribution is 5.91. The molecule has 1 amide bonds. The Morgan fingerprint density at radius 3 is 3.12 bits per heavy atom. The molecule has 0 aliphatic carbocycles. The average molecular weight is 325 g/mol. The Kier molecular flexibility index (Phi) is 3.78. The third-order valence-electron chi connectivity index (χ3n) is 4.33. The van der Waals surface area contributed by atoms with Crippen LogP contribution < -0.4 is 5.32 Å². The zero-order valence-corrected chi connectivity index (χ0v) is 13.5. The molecule has 0 bridgehead atoms. The highest BCUT2D eigenvalue weighted by Gasteiger charge is 2.30. The van der Waals surface area contributed by atoms with E-state index in [0.717, 1.165) is 36.2 Å². The molecule has 0 saturated carbocycles. The van der Waals surface area contributed by atoms with Crippen molar-refractivity contribution in [3.05, 3.63) is 41.9 Å². The van der Waals surface area contributed by atoms with Gasteiger partial charge in [-0.05, 0) is 38.4 Å². The molecule has 1 aliphatic rings. The van der Waals surface area contributed by atoms with Crippen LogP contribution in [-0.4, -0.2) is 39.0 Å². The molecule has 7 heteroatoms. The fourth-order valence-electron chi connectivity index (χ4n) is 3.25. The van der Waals surface area contributed by atoms with Crippen LogP contribution in [-0.2, 0) is 4.79 Å². The van der Waals surface area contributed by atoms with Crippen molar-refractivity contribution in [1.82, 2.24) is 20.0 Å². The minimum atomic E-state index is -0.0914. The van der Waals surface area contributed by atoms with Gasteiger partial charge >= 0.3 is 0 Å². The molecule has 1 saturated heterocycles. The zero-order chi connectivity index (χ0) is 16.5. The van der Waals surface area contributed by atoms with E-state index in [0.29, 0.717) is 18.1 Å². The molecule has 1 fully saturated rings. The van der Waals surface area contributed by atoms with Gasteiger partial charge in [-0.1, -0.05) is 17.3 Å². The number of carbonyl (C=O) groups excluding carboxylic acids is 1. The van der Waals surface area contributed by atoms with Crippen molar-refractivity contribution in [2.75, 3.05) is 18.4 Å². The van der Waals surface area contributed by atoms with Crippen molar-refractivity contribution >= 4 is 22.8 Å². The number of H-pyrrole nitrogens is 1. The first kappa shape index (κ1) is 14.9. The molecule has 2 aromatic heterocycles. The minimum absolute atomic E-state index is 0.0914. The predicted molar refractivity (Wildman–Crippen MR) is 89.5 cm³/mol. The number of aromatic amines is 1. The van der Waals surface area contributed by atoms with Gasteiger partial charge in [0.15, 0.2) is 5.82 Å².